The fraction of sp³-hybridized carbons (Fsp3) is 0.294. The topological polar surface area (TPSA) is 21.3 Å². The molecule has 2 rings (SSSR count). The summed E-state index contributed by atoms with van der Waals surface area (Å²) in [6.45, 7) is 2.11. The Kier molecular flexibility index (Phi) is 4.58. The first-order valence-corrected chi connectivity index (χ1v) is 6.59. The molecule has 0 aliphatic carbocycles. The zero-order valence-electron chi connectivity index (χ0n) is 11.8. The minimum atomic E-state index is 0.304. The van der Waals surface area contributed by atoms with Gasteiger partial charge in [-0.05, 0) is 43.7 Å². The highest BCUT2D eigenvalue weighted by Crippen LogP contribution is 2.22. The third-order valence-corrected chi connectivity index (χ3v) is 3.41. The molecule has 2 heteroatoms. The molecule has 2 nitrogen and oxygen atoms in total. The first kappa shape index (κ1) is 13.6. The van der Waals surface area contributed by atoms with E-state index in [9.17, 15) is 0 Å². The second-order valence-corrected chi connectivity index (χ2v) is 4.81. The van der Waals surface area contributed by atoms with Crippen LogP contribution >= 0.6 is 0 Å². The van der Waals surface area contributed by atoms with Crippen LogP contribution in [0.15, 0.2) is 48.5 Å². The summed E-state index contributed by atoms with van der Waals surface area (Å²) >= 11 is 0. The molecule has 1 unspecified atom stereocenters. The second-order valence-electron chi connectivity index (χ2n) is 4.81. The average molecular weight is 255 g/mol. The molecular weight excluding hydrogens is 234 g/mol. The lowest BCUT2D eigenvalue weighted by molar-refractivity contribution is 0.413. The van der Waals surface area contributed by atoms with E-state index in [2.05, 4.69) is 48.6 Å². The fourth-order valence-electron chi connectivity index (χ4n) is 2.20. The summed E-state index contributed by atoms with van der Waals surface area (Å²) in [5, 5.41) is 3.38. The predicted molar refractivity (Wildman–Crippen MR) is 79.7 cm³/mol. The number of ether oxygens (including phenoxy) is 1. The number of rotatable bonds is 5. The molecule has 0 bridgehead atoms. The number of nitrogens with one attached hydrogen (secondary N) is 1. The SMILES string of the molecule is CNC(Cc1ccc(C)cc1)c1cccc(OC)c1. The molecule has 100 valence electrons. The van der Waals surface area contributed by atoms with Gasteiger partial charge >= 0.3 is 0 Å². The van der Waals surface area contributed by atoms with Gasteiger partial charge in [-0.25, -0.2) is 0 Å². The smallest absolute Gasteiger partial charge is 0.119 e. The Morgan fingerprint density at radius 3 is 2.47 bits per heavy atom. The van der Waals surface area contributed by atoms with E-state index in [0.717, 1.165) is 12.2 Å². The van der Waals surface area contributed by atoms with Crippen LogP contribution in [0.4, 0.5) is 0 Å². The van der Waals surface area contributed by atoms with Crippen molar-refractivity contribution < 1.29 is 4.74 Å². The van der Waals surface area contributed by atoms with Gasteiger partial charge in [-0.1, -0.05) is 42.0 Å². The maximum Gasteiger partial charge on any atom is 0.119 e. The first-order chi connectivity index (χ1) is 9.22. The van der Waals surface area contributed by atoms with E-state index in [1.807, 2.05) is 19.2 Å². The van der Waals surface area contributed by atoms with E-state index < -0.39 is 0 Å². The molecule has 19 heavy (non-hydrogen) atoms. The highest BCUT2D eigenvalue weighted by molar-refractivity contribution is 5.32. The molecule has 0 fully saturated rings. The summed E-state index contributed by atoms with van der Waals surface area (Å²) in [5.41, 5.74) is 3.89. The number of aryl methyl sites for hydroxylation is 1. The Labute approximate surface area is 115 Å². The Morgan fingerprint density at radius 2 is 1.84 bits per heavy atom. The molecule has 2 aromatic carbocycles. The molecule has 0 saturated heterocycles. The van der Waals surface area contributed by atoms with Gasteiger partial charge in [0.2, 0.25) is 0 Å². The largest absolute Gasteiger partial charge is 0.497 e. The predicted octanol–water partition coefficient (Wildman–Crippen LogP) is 3.51. The lowest BCUT2D eigenvalue weighted by atomic mass is 9.98. The van der Waals surface area contributed by atoms with Crippen molar-refractivity contribution >= 4 is 0 Å². The first-order valence-electron chi connectivity index (χ1n) is 6.59. The van der Waals surface area contributed by atoms with Crippen molar-refractivity contribution in [2.24, 2.45) is 0 Å². The van der Waals surface area contributed by atoms with Crippen LogP contribution < -0.4 is 10.1 Å². The third-order valence-electron chi connectivity index (χ3n) is 3.41. The van der Waals surface area contributed by atoms with E-state index >= 15 is 0 Å². The van der Waals surface area contributed by atoms with Crippen molar-refractivity contribution in [2.45, 2.75) is 19.4 Å². The monoisotopic (exact) mass is 255 g/mol. The quantitative estimate of drug-likeness (QED) is 0.883. The summed E-state index contributed by atoms with van der Waals surface area (Å²) in [5.74, 6) is 0.904. The van der Waals surface area contributed by atoms with Crippen LogP contribution in [0.3, 0.4) is 0 Å². The van der Waals surface area contributed by atoms with Gasteiger partial charge in [0, 0.05) is 6.04 Å². The molecule has 2 aromatic rings. The van der Waals surface area contributed by atoms with Gasteiger partial charge < -0.3 is 10.1 Å². The summed E-state index contributed by atoms with van der Waals surface area (Å²) in [7, 11) is 3.70. The van der Waals surface area contributed by atoms with Crippen LogP contribution in [0, 0.1) is 6.92 Å². The van der Waals surface area contributed by atoms with Crippen molar-refractivity contribution in [3.05, 3.63) is 65.2 Å². The molecule has 0 saturated carbocycles. The molecule has 0 spiro atoms. The molecule has 0 heterocycles. The maximum atomic E-state index is 5.29. The molecular formula is C17H21NO. The lowest BCUT2D eigenvalue weighted by Gasteiger charge is -2.17. The highest BCUT2D eigenvalue weighted by Gasteiger charge is 2.10. The molecule has 0 radical (unpaired) electrons. The van der Waals surface area contributed by atoms with Crippen molar-refractivity contribution in [1.29, 1.82) is 0 Å². The van der Waals surface area contributed by atoms with Crippen LogP contribution in [0.2, 0.25) is 0 Å². The number of hydrogen-bond acceptors (Lipinski definition) is 2. The zero-order chi connectivity index (χ0) is 13.7. The van der Waals surface area contributed by atoms with Gasteiger partial charge in [-0.3, -0.25) is 0 Å². The standard InChI is InChI=1S/C17H21NO/c1-13-7-9-14(10-8-13)11-17(18-2)15-5-4-6-16(12-15)19-3/h4-10,12,17-18H,11H2,1-3H3. The van der Waals surface area contributed by atoms with Crippen molar-refractivity contribution in [2.75, 3.05) is 14.2 Å². The zero-order valence-corrected chi connectivity index (χ0v) is 11.8. The van der Waals surface area contributed by atoms with Crippen LogP contribution in [-0.4, -0.2) is 14.2 Å². The molecule has 0 aromatic heterocycles. The summed E-state index contributed by atoms with van der Waals surface area (Å²) in [6.07, 6.45) is 0.976. The van der Waals surface area contributed by atoms with E-state index in [0.29, 0.717) is 6.04 Å². The van der Waals surface area contributed by atoms with Crippen molar-refractivity contribution in [1.82, 2.24) is 5.32 Å². The van der Waals surface area contributed by atoms with Crippen LogP contribution in [0.5, 0.6) is 5.75 Å². The normalized spacial score (nSPS) is 12.2. The summed E-state index contributed by atoms with van der Waals surface area (Å²) in [6, 6.07) is 17.3. The fourth-order valence-corrected chi connectivity index (χ4v) is 2.20. The van der Waals surface area contributed by atoms with Crippen molar-refractivity contribution in [3.63, 3.8) is 0 Å². The maximum absolute atomic E-state index is 5.29. The Hall–Kier alpha value is -1.80. The van der Waals surface area contributed by atoms with Gasteiger partial charge in [-0.15, -0.1) is 0 Å². The Balaban J connectivity index is 2.17. The second kappa shape index (κ2) is 6.39. The van der Waals surface area contributed by atoms with Gasteiger partial charge in [0.05, 0.1) is 7.11 Å². The van der Waals surface area contributed by atoms with Crippen LogP contribution in [0.1, 0.15) is 22.7 Å². The molecule has 1 atom stereocenters. The van der Waals surface area contributed by atoms with E-state index in [1.165, 1.54) is 16.7 Å². The minimum Gasteiger partial charge on any atom is -0.497 e. The Morgan fingerprint density at radius 1 is 1.11 bits per heavy atom. The van der Waals surface area contributed by atoms with Crippen LogP contribution in [0.25, 0.3) is 0 Å². The molecule has 0 aliphatic heterocycles. The van der Waals surface area contributed by atoms with Crippen LogP contribution in [-0.2, 0) is 6.42 Å². The van der Waals surface area contributed by atoms with E-state index in [1.54, 1.807) is 7.11 Å². The number of likely N-dealkylation sites (N-methyl/N-ethyl adjacent to an activating group) is 1. The number of hydrogen-bond donors (Lipinski definition) is 1. The number of methoxy groups -OCH3 is 1. The number of benzene rings is 2. The van der Waals surface area contributed by atoms with Gasteiger partial charge in [0.15, 0.2) is 0 Å². The van der Waals surface area contributed by atoms with E-state index in [4.69, 9.17) is 4.74 Å². The minimum absolute atomic E-state index is 0.304. The van der Waals surface area contributed by atoms with Gasteiger partial charge in [0.1, 0.15) is 5.75 Å². The molecule has 1 N–H and O–H groups in total. The average Bonchev–Trinajstić information content (AvgIpc) is 2.46. The van der Waals surface area contributed by atoms with Gasteiger partial charge in [-0.2, -0.15) is 0 Å². The van der Waals surface area contributed by atoms with Gasteiger partial charge in [0.25, 0.3) is 0 Å². The van der Waals surface area contributed by atoms with E-state index in [-0.39, 0.29) is 0 Å². The lowest BCUT2D eigenvalue weighted by Crippen LogP contribution is -2.18. The highest BCUT2D eigenvalue weighted by atomic mass is 16.5. The summed E-state index contributed by atoms with van der Waals surface area (Å²) < 4.78 is 5.29. The molecule has 0 aliphatic rings. The summed E-state index contributed by atoms with van der Waals surface area (Å²) in [4.78, 5) is 0. The molecule has 0 amide bonds. The third kappa shape index (κ3) is 3.58. The van der Waals surface area contributed by atoms with Crippen molar-refractivity contribution in [3.8, 4) is 5.75 Å². The Bertz CT molecular complexity index is 519.